The molecule has 0 aromatic heterocycles. The van der Waals surface area contributed by atoms with Gasteiger partial charge in [-0.05, 0) is 56.5 Å². The first-order valence-electron chi connectivity index (χ1n) is 6.12. The summed E-state index contributed by atoms with van der Waals surface area (Å²) in [5.74, 6) is 0.198. The van der Waals surface area contributed by atoms with E-state index >= 15 is 0 Å². The minimum atomic E-state index is -0.374. The summed E-state index contributed by atoms with van der Waals surface area (Å²) >= 11 is 0. The summed E-state index contributed by atoms with van der Waals surface area (Å²) in [7, 11) is 0. The smallest absolute Gasteiger partial charge is 0.168 e. The van der Waals surface area contributed by atoms with Crippen molar-refractivity contribution in [2.45, 2.75) is 41.0 Å². The zero-order chi connectivity index (χ0) is 13.2. The quantitative estimate of drug-likeness (QED) is 0.812. The molecule has 1 aromatic rings. The van der Waals surface area contributed by atoms with Crippen LogP contribution in [0.4, 0.5) is 0 Å². The summed E-state index contributed by atoms with van der Waals surface area (Å²) in [5, 5.41) is 0. The molecule has 0 spiro atoms. The predicted octanol–water partition coefficient (Wildman–Crippen LogP) is 3.17. The van der Waals surface area contributed by atoms with E-state index in [0.29, 0.717) is 6.54 Å². The van der Waals surface area contributed by atoms with E-state index in [4.69, 9.17) is 5.73 Å². The second-order valence-electron chi connectivity index (χ2n) is 5.50. The number of Topliss-reactive ketones (excluding diaryl/α,β-unsaturated/α-hetero) is 1. The number of carbonyl (C=O) groups is 1. The highest BCUT2D eigenvalue weighted by Gasteiger charge is 2.28. The van der Waals surface area contributed by atoms with Crippen LogP contribution in [0.15, 0.2) is 12.1 Å². The molecule has 2 N–H and O–H groups in total. The Morgan fingerprint density at radius 2 is 1.65 bits per heavy atom. The largest absolute Gasteiger partial charge is 0.330 e. The molecule has 0 bridgehead atoms. The minimum Gasteiger partial charge on any atom is -0.330 e. The molecule has 0 radical (unpaired) electrons. The lowest BCUT2D eigenvalue weighted by Crippen LogP contribution is -2.28. The van der Waals surface area contributed by atoms with Crippen LogP contribution in [-0.2, 0) is 0 Å². The fraction of sp³-hybridized carbons (Fsp3) is 0.533. The minimum absolute atomic E-state index is 0.198. The van der Waals surface area contributed by atoms with Crippen molar-refractivity contribution < 1.29 is 4.79 Å². The van der Waals surface area contributed by atoms with Crippen LogP contribution in [0.3, 0.4) is 0 Å². The van der Waals surface area contributed by atoms with Crippen molar-refractivity contribution in [1.82, 2.24) is 0 Å². The number of rotatable bonds is 4. The molecule has 0 aliphatic heterocycles. The molecule has 0 atom stereocenters. The van der Waals surface area contributed by atoms with E-state index in [0.717, 1.165) is 17.5 Å². The molecule has 1 aromatic carbocycles. The molecule has 0 saturated heterocycles. The van der Waals surface area contributed by atoms with Crippen molar-refractivity contribution >= 4 is 5.78 Å². The zero-order valence-corrected chi connectivity index (χ0v) is 11.6. The summed E-state index contributed by atoms with van der Waals surface area (Å²) in [5.41, 5.74) is 9.50. The van der Waals surface area contributed by atoms with Gasteiger partial charge in [0.1, 0.15) is 0 Å². The van der Waals surface area contributed by atoms with Crippen LogP contribution in [0.25, 0.3) is 0 Å². The lowest BCUT2D eigenvalue weighted by molar-refractivity contribution is 0.0828. The first-order chi connectivity index (χ1) is 7.79. The van der Waals surface area contributed by atoms with Gasteiger partial charge >= 0.3 is 0 Å². The highest BCUT2D eigenvalue weighted by Crippen LogP contribution is 2.28. The predicted molar refractivity (Wildman–Crippen MR) is 72.4 cm³/mol. The number of nitrogens with two attached hydrogens (primary N) is 1. The van der Waals surface area contributed by atoms with Gasteiger partial charge in [0, 0.05) is 11.0 Å². The molecule has 17 heavy (non-hydrogen) atoms. The van der Waals surface area contributed by atoms with Crippen molar-refractivity contribution in [3.05, 3.63) is 34.4 Å². The second kappa shape index (κ2) is 5.01. The molecule has 1 rings (SSSR count). The van der Waals surface area contributed by atoms with Gasteiger partial charge in [-0.15, -0.1) is 0 Å². The van der Waals surface area contributed by atoms with Gasteiger partial charge in [-0.25, -0.2) is 0 Å². The van der Waals surface area contributed by atoms with Gasteiger partial charge in [0.05, 0.1) is 0 Å². The van der Waals surface area contributed by atoms with Crippen LogP contribution in [0.2, 0.25) is 0 Å². The Hall–Kier alpha value is -1.15. The highest BCUT2D eigenvalue weighted by molar-refractivity contribution is 6.01. The van der Waals surface area contributed by atoms with Crippen LogP contribution in [-0.4, -0.2) is 12.3 Å². The number of hydrogen-bond acceptors (Lipinski definition) is 2. The van der Waals surface area contributed by atoms with Crippen LogP contribution in [0.5, 0.6) is 0 Å². The van der Waals surface area contributed by atoms with Crippen LogP contribution < -0.4 is 5.73 Å². The Morgan fingerprint density at radius 1 is 1.12 bits per heavy atom. The summed E-state index contributed by atoms with van der Waals surface area (Å²) in [6.45, 7) is 10.6. The second-order valence-corrected chi connectivity index (χ2v) is 5.50. The van der Waals surface area contributed by atoms with E-state index < -0.39 is 0 Å². The molecule has 0 aliphatic carbocycles. The Kier molecular flexibility index (Phi) is 4.10. The number of aryl methyl sites for hydroxylation is 3. The third-order valence-corrected chi connectivity index (χ3v) is 3.47. The lowest BCUT2D eigenvalue weighted by atomic mass is 9.79. The SMILES string of the molecule is Cc1cc(C)c(C(=O)C(C)(C)CCN)cc1C. The standard InChI is InChI=1S/C15H23NO/c1-10-8-12(3)13(9-11(10)2)14(17)15(4,5)6-7-16/h8-9H,6-7,16H2,1-5H3. The Balaban J connectivity index is 3.17. The highest BCUT2D eigenvalue weighted by atomic mass is 16.1. The average Bonchev–Trinajstić information content (AvgIpc) is 2.22. The summed E-state index contributed by atoms with van der Waals surface area (Å²) < 4.78 is 0. The van der Waals surface area contributed by atoms with E-state index in [1.54, 1.807) is 0 Å². The maximum Gasteiger partial charge on any atom is 0.168 e. The van der Waals surface area contributed by atoms with E-state index in [1.165, 1.54) is 11.1 Å². The molecule has 2 heteroatoms. The van der Waals surface area contributed by atoms with Crippen molar-refractivity contribution in [3.8, 4) is 0 Å². The third kappa shape index (κ3) is 2.95. The molecule has 0 saturated carbocycles. The van der Waals surface area contributed by atoms with Gasteiger partial charge in [-0.1, -0.05) is 19.9 Å². The molecular formula is C15H23NO. The van der Waals surface area contributed by atoms with Gasteiger partial charge in [0.25, 0.3) is 0 Å². The van der Waals surface area contributed by atoms with Gasteiger partial charge in [-0.2, -0.15) is 0 Å². The molecule has 94 valence electrons. The number of ketones is 1. The molecule has 2 nitrogen and oxygen atoms in total. The number of carbonyl (C=O) groups excluding carboxylic acids is 1. The molecular weight excluding hydrogens is 210 g/mol. The molecule has 0 fully saturated rings. The average molecular weight is 233 g/mol. The van der Waals surface area contributed by atoms with E-state index in [2.05, 4.69) is 13.0 Å². The third-order valence-electron chi connectivity index (χ3n) is 3.47. The summed E-state index contributed by atoms with van der Waals surface area (Å²) in [6, 6.07) is 4.09. The first-order valence-corrected chi connectivity index (χ1v) is 6.12. The van der Waals surface area contributed by atoms with Crippen LogP contribution >= 0.6 is 0 Å². The van der Waals surface area contributed by atoms with Crippen molar-refractivity contribution in [2.75, 3.05) is 6.54 Å². The summed E-state index contributed by atoms with van der Waals surface area (Å²) in [4.78, 5) is 12.5. The Morgan fingerprint density at radius 3 is 2.18 bits per heavy atom. The molecule has 0 amide bonds. The molecule has 0 heterocycles. The van der Waals surface area contributed by atoms with Crippen LogP contribution in [0, 0.1) is 26.2 Å². The van der Waals surface area contributed by atoms with Crippen LogP contribution in [0.1, 0.15) is 47.3 Å². The number of benzene rings is 1. The number of hydrogen-bond donors (Lipinski definition) is 1. The maximum atomic E-state index is 12.5. The van der Waals surface area contributed by atoms with E-state index in [1.807, 2.05) is 33.8 Å². The lowest BCUT2D eigenvalue weighted by Gasteiger charge is -2.23. The van der Waals surface area contributed by atoms with E-state index in [9.17, 15) is 4.79 Å². The summed E-state index contributed by atoms with van der Waals surface area (Å²) in [6.07, 6.45) is 0.720. The fourth-order valence-electron chi connectivity index (χ4n) is 2.04. The fourth-order valence-corrected chi connectivity index (χ4v) is 2.04. The first kappa shape index (κ1) is 13.9. The van der Waals surface area contributed by atoms with Gasteiger partial charge in [0.15, 0.2) is 5.78 Å². The monoisotopic (exact) mass is 233 g/mol. The zero-order valence-electron chi connectivity index (χ0n) is 11.6. The molecule has 0 unspecified atom stereocenters. The Labute approximate surface area is 104 Å². The topological polar surface area (TPSA) is 43.1 Å². The van der Waals surface area contributed by atoms with Crippen molar-refractivity contribution in [2.24, 2.45) is 11.1 Å². The van der Waals surface area contributed by atoms with E-state index in [-0.39, 0.29) is 11.2 Å². The Bertz CT molecular complexity index is 433. The van der Waals surface area contributed by atoms with Crippen molar-refractivity contribution in [1.29, 1.82) is 0 Å². The maximum absolute atomic E-state index is 12.5. The molecule has 0 aliphatic rings. The van der Waals surface area contributed by atoms with Gasteiger partial charge < -0.3 is 5.73 Å². The van der Waals surface area contributed by atoms with Gasteiger partial charge in [0.2, 0.25) is 0 Å². The normalized spacial score (nSPS) is 11.6. The van der Waals surface area contributed by atoms with Gasteiger partial charge in [-0.3, -0.25) is 4.79 Å². The van der Waals surface area contributed by atoms with Crippen molar-refractivity contribution in [3.63, 3.8) is 0 Å².